The van der Waals surface area contributed by atoms with E-state index in [1.54, 1.807) is 24.3 Å². The van der Waals surface area contributed by atoms with Crippen LogP contribution < -0.4 is 5.32 Å². The number of phenols is 1. The summed E-state index contributed by atoms with van der Waals surface area (Å²) in [6.45, 7) is 4.64. The van der Waals surface area contributed by atoms with Crippen molar-refractivity contribution in [2.75, 3.05) is 11.9 Å². The average Bonchev–Trinajstić information content (AvgIpc) is 2.42. The van der Waals surface area contributed by atoms with E-state index >= 15 is 0 Å². The van der Waals surface area contributed by atoms with E-state index < -0.39 is 0 Å². The van der Waals surface area contributed by atoms with Crippen LogP contribution in [0.15, 0.2) is 24.3 Å². The number of carbonyl (C=O) groups is 1. The molecule has 1 aliphatic carbocycles. The average molecular weight is 277 g/mol. The molecule has 2 N–H and O–H groups in total. The Morgan fingerprint density at radius 3 is 2.60 bits per heavy atom. The summed E-state index contributed by atoms with van der Waals surface area (Å²) in [7, 11) is 0. The van der Waals surface area contributed by atoms with Crippen molar-refractivity contribution in [3.8, 4) is 5.75 Å². The fourth-order valence-electron chi connectivity index (χ4n) is 2.59. The van der Waals surface area contributed by atoms with Gasteiger partial charge in [0, 0.05) is 5.69 Å². The first-order valence-corrected chi connectivity index (χ1v) is 7.27. The number of benzene rings is 1. The molecule has 1 saturated carbocycles. The van der Waals surface area contributed by atoms with Gasteiger partial charge in [0.2, 0.25) is 0 Å². The van der Waals surface area contributed by atoms with E-state index in [4.69, 9.17) is 4.74 Å². The summed E-state index contributed by atoms with van der Waals surface area (Å²) >= 11 is 0. The van der Waals surface area contributed by atoms with Crippen LogP contribution in [-0.4, -0.2) is 23.7 Å². The molecule has 4 nitrogen and oxygen atoms in total. The van der Waals surface area contributed by atoms with Crippen molar-refractivity contribution in [2.24, 2.45) is 11.8 Å². The Morgan fingerprint density at radius 1 is 1.25 bits per heavy atom. The summed E-state index contributed by atoms with van der Waals surface area (Å²) in [5, 5.41) is 12.2. The summed E-state index contributed by atoms with van der Waals surface area (Å²) in [5.41, 5.74) is 0.797. The van der Waals surface area contributed by atoms with Gasteiger partial charge in [-0.05, 0) is 55.4 Å². The normalized spacial score (nSPS) is 26.0. The van der Waals surface area contributed by atoms with Crippen LogP contribution in [0, 0.1) is 11.8 Å². The lowest BCUT2D eigenvalue weighted by Crippen LogP contribution is -2.30. The number of aromatic hydroxyl groups is 1. The second-order valence-electron chi connectivity index (χ2n) is 5.78. The van der Waals surface area contributed by atoms with Crippen LogP contribution in [0.1, 0.15) is 33.1 Å². The largest absolute Gasteiger partial charge is 0.508 e. The van der Waals surface area contributed by atoms with Gasteiger partial charge in [-0.15, -0.1) is 0 Å². The van der Waals surface area contributed by atoms with Gasteiger partial charge < -0.3 is 15.2 Å². The molecule has 0 bridgehead atoms. The van der Waals surface area contributed by atoms with Gasteiger partial charge in [-0.1, -0.05) is 13.8 Å². The molecule has 20 heavy (non-hydrogen) atoms. The lowest BCUT2D eigenvalue weighted by Gasteiger charge is -2.31. The van der Waals surface area contributed by atoms with Crippen LogP contribution >= 0.6 is 0 Å². The van der Waals surface area contributed by atoms with Gasteiger partial charge in [-0.2, -0.15) is 0 Å². The zero-order chi connectivity index (χ0) is 14.5. The van der Waals surface area contributed by atoms with Gasteiger partial charge in [0.1, 0.15) is 18.4 Å². The summed E-state index contributed by atoms with van der Waals surface area (Å²) in [4.78, 5) is 11.8. The van der Waals surface area contributed by atoms with Gasteiger partial charge in [0.05, 0.1) is 0 Å². The van der Waals surface area contributed by atoms with E-state index in [-0.39, 0.29) is 24.4 Å². The minimum Gasteiger partial charge on any atom is -0.508 e. The van der Waals surface area contributed by atoms with E-state index in [1.807, 2.05) is 0 Å². The Bertz CT molecular complexity index is 444. The summed E-state index contributed by atoms with van der Waals surface area (Å²) < 4.78 is 5.50. The van der Waals surface area contributed by atoms with E-state index in [9.17, 15) is 9.90 Å². The predicted octanol–water partition coefficient (Wildman–Crippen LogP) is 3.17. The lowest BCUT2D eigenvalue weighted by atomic mass is 9.80. The summed E-state index contributed by atoms with van der Waals surface area (Å²) in [6.07, 6.45) is 3.13. The van der Waals surface area contributed by atoms with Crippen molar-refractivity contribution in [1.82, 2.24) is 0 Å². The second kappa shape index (κ2) is 6.64. The second-order valence-corrected chi connectivity index (χ2v) is 5.78. The molecule has 1 aliphatic rings. The number of carbonyl (C=O) groups excluding carboxylic acids is 1. The van der Waals surface area contributed by atoms with Crippen molar-refractivity contribution < 1.29 is 14.6 Å². The fraction of sp³-hybridized carbons (Fsp3) is 0.562. The fourth-order valence-corrected chi connectivity index (χ4v) is 2.59. The number of hydrogen-bond donors (Lipinski definition) is 2. The first kappa shape index (κ1) is 14.7. The third-order valence-electron chi connectivity index (χ3n) is 4.15. The van der Waals surface area contributed by atoms with Crippen molar-refractivity contribution in [2.45, 2.75) is 39.2 Å². The molecular formula is C16H23NO3. The Morgan fingerprint density at radius 2 is 1.95 bits per heavy atom. The molecule has 0 aromatic heterocycles. The highest BCUT2D eigenvalue weighted by atomic mass is 16.5. The molecule has 3 unspecified atom stereocenters. The SMILES string of the molecule is CC1CCC(OC(=O)CNc2ccc(O)cc2)CC1C. The molecule has 1 fully saturated rings. The van der Waals surface area contributed by atoms with Gasteiger partial charge in [0.15, 0.2) is 0 Å². The number of anilines is 1. The lowest BCUT2D eigenvalue weighted by molar-refractivity contribution is -0.149. The highest BCUT2D eigenvalue weighted by Crippen LogP contribution is 2.30. The zero-order valence-electron chi connectivity index (χ0n) is 12.1. The van der Waals surface area contributed by atoms with Crippen LogP contribution in [0.4, 0.5) is 5.69 Å². The molecule has 4 heteroatoms. The van der Waals surface area contributed by atoms with E-state index in [2.05, 4.69) is 19.2 Å². The molecule has 1 aromatic rings. The maximum atomic E-state index is 11.8. The summed E-state index contributed by atoms with van der Waals surface area (Å²) in [6, 6.07) is 6.62. The number of hydrogen-bond acceptors (Lipinski definition) is 4. The monoisotopic (exact) mass is 277 g/mol. The molecule has 3 atom stereocenters. The molecule has 0 aliphatic heterocycles. The number of ether oxygens (including phenoxy) is 1. The molecule has 110 valence electrons. The third-order valence-corrected chi connectivity index (χ3v) is 4.15. The van der Waals surface area contributed by atoms with E-state index in [1.165, 1.54) is 0 Å². The number of phenolic OH excluding ortho intramolecular Hbond substituents is 1. The van der Waals surface area contributed by atoms with Crippen LogP contribution in [-0.2, 0) is 9.53 Å². The van der Waals surface area contributed by atoms with Gasteiger partial charge in [-0.25, -0.2) is 0 Å². The first-order chi connectivity index (χ1) is 9.54. The topological polar surface area (TPSA) is 58.6 Å². The van der Waals surface area contributed by atoms with Crippen LogP contribution in [0.3, 0.4) is 0 Å². The first-order valence-electron chi connectivity index (χ1n) is 7.27. The maximum absolute atomic E-state index is 11.8. The Balaban J connectivity index is 1.74. The minimum absolute atomic E-state index is 0.0651. The molecule has 0 radical (unpaired) electrons. The Kier molecular flexibility index (Phi) is 4.88. The minimum atomic E-state index is -0.218. The molecule has 0 saturated heterocycles. The molecule has 1 aromatic carbocycles. The highest BCUT2D eigenvalue weighted by Gasteiger charge is 2.26. The highest BCUT2D eigenvalue weighted by molar-refractivity contribution is 5.75. The van der Waals surface area contributed by atoms with Crippen molar-refractivity contribution >= 4 is 11.7 Å². The van der Waals surface area contributed by atoms with Crippen LogP contribution in [0.5, 0.6) is 5.75 Å². The number of rotatable bonds is 4. The molecule has 0 amide bonds. The Hall–Kier alpha value is -1.71. The van der Waals surface area contributed by atoms with Crippen LogP contribution in [0.2, 0.25) is 0 Å². The Labute approximate surface area is 120 Å². The molecule has 0 spiro atoms. The van der Waals surface area contributed by atoms with Crippen molar-refractivity contribution in [3.63, 3.8) is 0 Å². The standard InChI is InChI=1S/C16H23NO3/c1-11-3-8-15(9-12(11)2)20-16(19)10-17-13-4-6-14(18)7-5-13/h4-7,11-12,15,17-18H,3,8-10H2,1-2H3. The van der Waals surface area contributed by atoms with Gasteiger partial charge in [-0.3, -0.25) is 4.79 Å². The molecular weight excluding hydrogens is 254 g/mol. The molecule has 0 heterocycles. The predicted molar refractivity (Wildman–Crippen MR) is 78.7 cm³/mol. The maximum Gasteiger partial charge on any atom is 0.325 e. The zero-order valence-corrected chi connectivity index (χ0v) is 12.1. The smallest absolute Gasteiger partial charge is 0.325 e. The van der Waals surface area contributed by atoms with Crippen molar-refractivity contribution in [3.05, 3.63) is 24.3 Å². The van der Waals surface area contributed by atoms with Crippen molar-refractivity contribution in [1.29, 1.82) is 0 Å². The third kappa shape index (κ3) is 4.15. The van der Waals surface area contributed by atoms with Gasteiger partial charge in [0.25, 0.3) is 0 Å². The van der Waals surface area contributed by atoms with E-state index in [0.29, 0.717) is 5.92 Å². The summed E-state index contributed by atoms with van der Waals surface area (Å²) in [5.74, 6) is 1.33. The quantitative estimate of drug-likeness (QED) is 0.655. The van der Waals surface area contributed by atoms with Gasteiger partial charge >= 0.3 is 5.97 Å². The van der Waals surface area contributed by atoms with E-state index in [0.717, 1.165) is 30.9 Å². The molecule has 2 rings (SSSR count). The van der Waals surface area contributed by atoms with Crippen LogP contribution in [0.25, 0.3) is 0 Å². The number of esters is 1. The number of nitrogens with one attached hydrogen (secondary N) is 1.